The van der Waals surface area contributed by atoms with Gasteiger partial charge in [0.1, 0.15) is 29.7 Å². The molecule has 2 aromatic heterocycles. The van der Waals surface area contributed by atoms with Crippen molar-refractivity contribution in [2.75, 3.05) is 39.6 Å². The van der Waals surface area contributed by atoms with Gasteiger partial charge < -0.3 is 29.0 Å². The minimum atomic E-state index is -0.509. The summed E-state index contributed by atoms with van der Waals surface area (Å²) in [7, 11) is 0. The van der Waals surface area contributed by atoms with Gasteiger partial charge in [0.2, 0.25) is 0 Å². The molecule has 12 heteroatoms. The van der Waals surface area contributed by atoms with Crippen molar-refractivity contribution in [1.29, 1.82) is 5.26 Å². The summed E-state index contributed by atoms with van der Waals surface area (Å²) < 4.78 is 32.9. The number of nitrogens with zero attached hydrogens (tertiary/aromatic N) is 5. The van der Waals surface area contributed by atoms with Gasteiger partial charge in [-0.05, 0) is 89.8 Å². The summed E-state index contributed by atoms with van der Waals surface area (Å²) in [5.41, 5.74) is 2.38. The molecule has 2 unspecified atom stereocenters. The van der Waals surface area contributed by atoms with E-state index in [2.05, 4.69) is 21.6 Å². The van der Waals surface area contributed by atoms with Crippen LogP contribution < -0.4 is 10.1 Å². The van der Waals surface area contributed by atoms with Crippen molar-refractivity contribution in [1.82, 2.24) is 24.9 Å². The third kappa shape index (κ3) is 8.08. The molecule has 0 saturated carbocycles. The molecule has 1 N–H and O–H groups in total. The average Bonchev–Trinajstić information content (AvgIpc) is 3.65. The number of amides is 1. The Kier molecular flexibility index (Phi) is 10.7. The monoisotopic (exact) mass is 608 g/mol. The van der Waals surface area contributed by atoms with E-state index in [9.17, 15) is 10.1 Å². The maximum Gasteiger partial charge on any atom is 0.407 e. The van der Waals surface area contributed by atoms with E-state index in [1.807, 2.05) is 43.8 Å². The highest BCUT2D eigenvalue weighted by atomic mass is 16.6. The summed E-state index contributed by atoms with van der Waals surface area (Å²) in [5, 5.41) is 23.0. The van der Waals surface area contributed by atoms with Crippen molar-refractivity contribution in [3.8, 4) is 22.9 Å². The highest BCUT2D eigenvalue weighted by Gasteiger charge is 2.25. The van der Waals surface area contributed by atoms with Crippen LogP contribution in [0.25, 0.3) is 22.0 Å². The van der Waals surface area contributed by atoms with Crippen LogP contribution in [0.1, 0.15) is 90.3 Å². The van der Waals surface area contributed by atoms with Crippen molar-refractivity contribution < 1.29 is 28.5 Å². The molecule has 1 amide bonds. The molecule has 2 aliphatic rings. The Morgan fingerprint density at radius 3 is 2.41 bits per heavy atom. The number of aromatic nitrogens is 4. The third-order valence-corrected chi connectivity index (χ3v) is 7.62. The van der Waals surface area contributed by atoms with Gasteiger partial charge in [-0.15, -0.1) is 0 Å². The van der Waals surface area contributed by atoms with E-state index < -0.39 is 11.7 Å². The number of fused-ring (bicyclic) bond motifs is 1. The first-order valence-corrected chi connectivity index (χ1v) is 15.7. The van der Waals surface area contributed by atoms with Crippen LogP contribution in [0.3, 0.4) is 0 Å². The first kappa shape index (κ1) is 31.8. The molecule has 0 spiro atoms. The van der Waals surface area contributed by atoms with Gasteiger partial charge in [-0.3, -0.25) is 0 Å². The van der Waals surface area contributed by atoms with Gasteiger partial charge in [-0.25, -0.2) is 14.2 Å². The number of alkyl carbamates (subject to hydrolysis) is 1. The molecule has 1 aromatic carbocycles. The SMILES string of the molecule is CC(C)(C)OC(=O)NCCCCOCCOc1cc(-c2cnn(C3CCCCO3)c2C#N)cc2c1cnn2C1CCCCO1. The first-order chi connectivity index (χ1) is 21.3. The van der Waals surface area contributed by atoms with Gasteiger partial charge in [0.25, 0.3) is 0 Å². The molecule has 0 radical (unpaired) electrons. The summed E-state index contributed by atoms with van der Waals surface area (Å²) in [6.45, 7) is 8.73. The summed E-state index contributed by atoms with van der Waals surface area (Å²) in [6.07, 6.45) is 10.2. The Bertz CT molecular complexity index is 1430. The fourth-order valence-electron chi connectivity index (χ4n) is 5.50. The molecular formula is C32H44N6O6. The highest BCUT2D eigenvalue weighted by Crippen LogP contribution is 2.37. The largest absolute Gasteiger partial charge is 0.490 e. The fourth-order valence-corrected chi connectivity index (χ4v) is 5.50. The predicted molar refractivity (Wildman–Crippen MR) is 163 cm³/mol. The number of benzene rings is 1. The van der Waals surface area contributed by atoms with E-state index in [0.29, 0.717) is 51.0 Å². The van der Waals surface area contributed by atoms with Crippen LogP contribution in [-0.2, 0) is 18.9 Å². The van der Waals surface area contributed by atoms with E-state index >= 15 is 0 Å². The Labute approximate surface area is 258 Å². The lowest BCUT2D eigenvalue weighted by Crippen LogP contribution is -2.33. The van der Waals surface area contributed by atoms with Crippen LogP contribution in [-0.4, -0.2) is 70.8 Å². The number of ether oxygens (including phenoxy) is 5. The molecule has 2 fully saturated rings. The number of hydrogen-bond donors (Lipinski definition) is 1. The van der Waals surface area contributed by atoms with Gasteiger partial charge in [-0.2, -0.15) is 15.5 Å². The molecule has 2 atom stereocenters. The third-order valence-electron chi connectivity index (χ3n) is 7.62. The van der Waals surface area contributed by atoms with Crippen LogP contribution in [0.2, 0.25) is 0 Å². The normalized spacial score (nSPS) is 19.0. The number of unbranched alkanes of at least 4 members (excludes halogenated alkanes) is 1. The van der Waals surface area contributed by atoms with Gasteiger partial charge in [-0.1, -0.05) is 0 Å². The molecule has 0 bridgehead atoms. The van der Waals surface area contributed by atoms with Crippen molar-refractivity contribution in [3.05, 3.63) is 30.2 Å². The smallest absolute Gasteiger partial charge is 0.407 e. The fraction of sp³-hybridized carbons (Fsp3) is 0.625. The predicted octanol–water partition coefficient (Wildman–Crippen LogP) is 5.87. The molecule has 3 aromatic rings. The number of carbonyl (C=O) groups is 1. The zero-order valence-electron chi connectivity index (χ0n) is 26.0. The molecule has 5 rings (SSSR count). The van der Waals surface area contributed by atoms with E-state index in [1.165, 1.54) is 0 Å². The van der Waals surface area contributed by atoms with E-state index in [0.717, 1.165) is 73.4 Å². The summed E-state index contributed by atoms with van der Waals surface area (Å²) in [4.78, 5) is 11.8. The summed E-state index contributed by atoms with van der Waals surface area (Å²) in [6, 6.07) is 6.35. The molecule has 2 aliphatic heterocycles. The summed E-state index contributed by atoms with van der Waals surface area (Å²) >= 11 is 0. The second-order valence-electron chi connectivity index (χ2n) is 12.2. The van der Waals surface area contributed by atoms with E-state index in [4.69, 9.17) is 23.7 Å². The second-order valence-corrected chi connectivity index (χ2v) is 12.2. The topological polar surface area (TPSA) is 135 Å². The van der Waals surface area contributed by atoms with Crippen LogP contribution in [0.5, 0.6) is 5.75 Å². The first-order valence-electron chi connectivity index (χ1n) is 15.7. The number of nitriles is 1. The molecule has 238 valence electrons. The highest BCUT2D eigenvalue weighted by molar-refractivity contribution is 5.91. The van der Waals surface area contributed by atoms with Gasteiger partial charge in [0.15, 0.2) is 12.5 Å². The summed E-state index contributed by atoms with van der Waals surface area (Å²) in [5.74, 6) is 0.662. The van der Waals surface area contributed by atoms with E-state index in [-0.39, 0.29) is 12.5 Å². The van der Waals surface area contributed by atoms with Gasteiger partial charge >= 0.3 is 6.09 Å². The Morgan fingerprint density at radius 1 is 1.00 bits per heavy atom. The van der Waals surface area contributed by atoms with Crippen LogP contribution >= 0.6 is 0 Å². The van der Waals surface area contributed by atoms with Crippen LogP contribution in [0, 0.1) is 11.3 Å². The Balaban J connectivity index is 1.25. The zero-order valence-corrected chi connectivity index (χ0v) is 26.0. The maximum absolute atomic E-state index is 11.8. The minimum absolute atomic E-state index is 0.147. The molecule has 4 heterocycles. The van der Waals surface area contributed by atoms with Crippen LogP contribution in [0.4, 0.5) is 4.79 Å². The van der Waals surface area contributed by atoms with Crippen molar-refractivity contribution >= 4 is 17.0 Å². The Hall–Kier alpha value is -3.66. The lowest BCUT2D eigenvalue weighted by atomic mass is 10.0. The van der Waals surface area contributed by atoms with E-state index in [1.54, 1.807) is 10.9 Å². The van der Waals surface area contributed by atoms with Crippen LogP contribution in [0.15, 0.2) is 24.5 Å². The van der Waals surface area contributed by atoms with Crippen molar-refractivity contribution in [3.63, 3.8) is 0 Å². The number of hydrogen-bond acceptors (Lipinski definition) is 9. The molecular weight excluding hydrogens is 564 g/mol. The molecule has 0 aliphatic carbocycles. The maximum atomic E-state index is 11.8. The minimum Gasteiger partial charge on any atom is -0.490 e. The van der Waals surface area contributed by atoms with Gasteiger partial charge in [0.05, 0.1) is 29.9 Å². The average molecular weight is 609 g/mol. The number of carbonyl (C=O) groups excluding carboxylic acids is 1. The lowest BCUT2D eigenvalue weighted by Gasteiger charge is -2.24. The van der Waals surface area contributed by atoms with Gasteiger partial charge in [0, 0.05) is 31.9 Å². The zero-order chi connectivity index (χ0) is 30.9. The number of rotatable bonds is 12. The molecule has 2 saturated heterocycles. The van der Waals surface area contributed by atoms with Crippen molar-refractivity contribution in [2.45, 2.75) is 90.2 Å². The quantitative estimate of drug-likeness (QED) is 0.251. The number of nitrogens with one attached hydrogen (secondary N) is 1. The second kappa shape index (κ2) is 14.9. The lowest BCUT2D eigenvalue weighted by molar-refractivity contribution is -0.0399. The van der Waals surface area contributed by atoms with Crippen molar-refractivity contribution in [2.24, 2.45) is 0 Å². The Morgan fingerprint density at radius 2 is 1.73 bits per heavy atom. The molecule has 44 heavy (non-hydrogen) atoms. The molecule has 12 nitrogen and oxygen atoms in total. The standard InChI is InChI=1S/C32H44N6O6/c1-32(2,3)44-31(39)34-12-6-9-13-40-16-17-41-28-19-23(18-26-25(28)22-36-37(26)29-10-4-7-14-42-29)24-21-35-38(27(24)20-33)30-11-5-8-15-43-30/h18-19,21-22,29-30H,4-17H2,1-3H3,(H,34,39).